The second-order valence-corrected chi connectivity index (χ2v) is 3.83. The summed E-state index contributed by atoms with van der Waals surface area (Å²) in [6.45, 7) is 3.76. The van der Waals surface area contributed by atoms with Crippen LogP contribution in [0.5, 0.6) is 0 Å². The van der Waals surface area contributed by atoms with Crippen molar-refractivity contribution in [2.45, 2.75) is 13.8 Å². The molecule has 0 atom stereocenters. The first-order valence-corrected chi connectivity index (χ1v) is 5.08. The summed E-state index contributed by atoms with van der Waals surface area (Å²) in [5.74, 6) is -0.0988. The molecular formula is C13H12N2O. The average molecular weight is 212 g/mol. The number of rotatable bonds is 2. The number of hydrogen-bond acceptors (Lipinski definition) is 3. The highest BCUT2D eigenvalue weighted by molar-refractivity contribution is 6.04. The lowest BCUT2D eigenvalue weighted by atomic mass is 10.2. The van der Waals surface area contributed by atoms with Gasteiger partial charge in [-0.15, -0.1) is 0 Å². The van der Waals surface area contributed by atoms with E-state index in [1.165, 1.54) is 6.20 Å². The molecule has 1 aromatic heterocycles. The van der Waals surface area contributed by atoms with Gasteiger partial charge >= 0.3 is 0 Å². The van der Waals surface area contributed by atoms with Gasteiger partial charge in [0.1, 0.15) is 5.69 Å². The molecule has 0 fully saturated rings. The van der Waals surface area contributed by atoms with Crippen LogP contribution >= 0.6 is 0 Å². The minimum atomic E-state index is -0.0988. The van der Waals surface area contributed by atoms with Gasteiger partial charge in [0.15, 0.2) is 0 Å². The van der Waals surface area contributed by atoms with Crippen LogP contribution in [-0.2, 0) is 0 Å². The van der Waals surface area contributed by atoms with Crippen LogP contribution in [0, 0.1) is 0 Å². The zero-order chi connectivity index (χ0) is 11.5. The van der Waals surface area contributed by atoms with Crippen LogP contribution in [0.1, 0.15) is 24.3 Å². The molecular weight excluding hydrogens is 200 g/mol. The molecule has 3 heteroatoms. The lowest BCUT2D eigenvalue weighted by Gasteiger charge is -1.98. The molecule has 0 spiro atoms. The summed E-state index contributed by atoms with van der Waals surface area (Å²) in [6, 6.07) is 7.50. The largest absolute Gasteiger partial charge is 0.287 e. The third kappa shape index (κ3) is 2.14. The molecule has 3 nitrogen and oxygen atoms in total. The first kappa shape index (κ1) is 10.5. The van der Waals surface area contributed by atoms with Crippen molar-refractivity contribution < 1.29 is 4.79 Å². The first-order valence-electron chi connectivity index (χ1n) is 5.08. The van der Waals surface area contributed by atoms with Crippen molar-refractivity contribution in [3.63, 3.8) is 0 Å². The van der Waals surface area contributed by atoms with Crippen LogP contribution in [-0.4, -0.2) is 15.8 Å². The van der Waals surface area contributed by atoms with E-state index in [4.69, 9.17) is 0 Å². The topological polar surface area (TPSA) is 42.9 Å². The second-order valence-electron chi connectivity index (χ2n) is 3.83. The highest BCUT2D eigenvalue weighted by Gasteiger charge is 2.05. The normalized spacial score (nSPS) is 10.1. The Morgan fingerprint density at radius 1 is 1.19 bits per heavy atom. The van der Waals surface area contributed by atoms with Gasteiger partial charge in [-0.2, -0.15) is 0 Å². The summed E-state index contributed by atoms with van der Waals surface area (Å²) in [4.78, 5) is 20.2. The summed E-state index contributed by atoms with van der Waals surface area (Å²) in [7, 11) is 0. The van der Waals surface area contributed by atoms with Crippen LogP contribution in [0.2, 0.25) is 0 Å². The predicted molar refractivity (Wildman–Crippen MR) is 63.3 cm³/mol. The van der Waals surface area contributed by atoms with Crippen molar-refractivity contribution in [2.24, 2.45) is 0 Å². The fourth-order valence-electron chi connectivity index (χ4n) is 1.41. The van der Waals surface area contributed by atoms with Gasteiger partial charge in [0.25, 0.3) is 0 Å². The van der Waals surface area contributed by atoms with Crippen LogP contribution in [0.4, 0.5) is 0 Å². The summed E-state index contributed by atoms with van der Waals surface area (Å²) in [5.41, 5.74) is 2.90. The van der Waals surface area contributed by atoms with Crippen LogP contribution < -0.4 is 0 Å². The minimum absolute atomic E-state index is 0.0988. The molecule has 0 amide bonds. The molecule has 0 aliphatic heterocycles. The van der Waals surface area contributed by atoms with Crippen LogP contribution in [0.25, 0.3) is 11.0 Å². The number of allylic oxidation sites excluding steroid dienone is 2. The number of fused-ring (bicyclic) bond motifs is 1. The van der Waals surface area contributed by atoms with Gasteiger partial charge < -0.3 is 0 Å². The molecule has 0 bridgehead atoms. The Labute approximate surface area is 93.8 Å². The lowest BCUT2D eigenvalue weighted by molar-refractivity contribution is 0.104. The van der Waals surface area contributed by atoms with E-state index < -0.39 is 0 Å². The van der Waals surface area contributed by atoms with E-state index >= 15 is 0 Å². The highest BCUT2D eigenvalue weighted by atomic mass is 16.1. The summed E-state index contributed by atoms with van der Waals surface area (Å²) in [5, 5.41) is 0. The third-order valence-electron chi connectivity index (χ3n) is 2.12. The van der Waals surface area contributed by atoms with Crippen molar-refractivity contribution in [1.29, 1.82) is 0 Å². The molecule has 0 saturated heterocycles. The fourth-order valence-corrected chi connectivity index (χ4v) is 1.41. The van der Waals surface area contributed by atoms with Crippen LogP contribution in [0.3, 0.4) is 0 Å². The SMILES string of the molecule is CC(C)=CC(=O)c1cnc2ccccc2n1. The van der Waals surface area contributed by atoms with E-state index in [1.807, 2.05) is 38.1 Å². The predicted octanol–water partition coefficient (Wildman–Crippen LogP) is 2.78. The number of nitrogens with zero attached hydrogens (tertiary/aromatic N) is 2. The van der Waals surface area contributed by atoms with Gasteiger partial charge in [0.2, 0.25) is 5.78 Å². The number of aromatic nitrogens is 2. The molecule has 2 aromatic rings. The Hall–Kier alpha value is -2.03. The molecule has 0 radical (unpaired) electrons. The molecule has 1 aromatic carbocycles. The van der Waals surface area contributed by atoms with Crippen LogP contribution in [0.15, 0.2) is 42.1 Å². The van der Waals surface area contributed by atoms with E-state index in [1.54, 1.807) is 6.08 Å². The molecule has 0 N–H and O–H groups in total. The second kappa shape index (κ2) is 4.23. The first-order chi connectivity index (χ1) is 7.66. The van der Waals surface area contributed by atoms with Gasteiger partial charge in [-0.25, -0.2) is 4.98 Å². The zero-order valence-electron chi connectivity index (χ0n) is 9.27. The quantitative estimate of drug-likeness (QED) is 0.568. The maximum atomic E-state index is 11.7. The van der Waals surface area contributed by atoms with Crippen molar-refractivity contribution in [1.82, 2.24) is 9.97 Å². The number of carbonyl (C=O) groups is 1. The Kier molecular flexibility index (Phi) is 2.77. The lowest BCUT2D eigenvalue weighted by Crippen LogP contribution is -2.00. The third-order valence-corrected chi connectivity index (χ3v) is 2.12. The van der Waals surface area contributed by atoms with Crippen molar-refractivity contribution in [3.8, 4) is 0 Å². The molecule has 16 heavy (non-hydrogen) atoms. The van der Waals surface area contributed by atoms with E-state index in [2.05, 4.69) is 9.97 Å². The number of benzene rings is 1. The van der Waals surface area contributed by atoms with E-state index in [0.29, 0.717) is 5.69 Å². The Morgan fingerprint density at radius 2 is 1.88 bits per heavy atom. The molecule has 0 aliphatic rings. The number of hydrogen-bond donors (Lipinski definition) is 0. The standard InChI is InChI=1S/C13H12N2O/c1-9(2)7-13(16)12-8-14-10-5-3-4-6-11(10)15-12/h3-8H,1-2H3. The average Bonchev–Trinajstić information content (AvgIpc) is 2.27. The van der Waals surface area contributed by atoms with E-state index in [-0.39, 0.29) is 5.78 Å². The minimum Gasteiger partial charge on any atom is -0.287 e. The molecule has 0 saturated carbocycles. The highest BCUT2D eigenvalue weighted by Crippen LogP contribution is 2.09. The Balaban J connectivity index is 2.47. The Morgan fingerprint density at radius 3 is 2.56 bits per heavy atom. The van der Waals surface area contributed by atoms with E-state index in [9.17, 15) is 4.79 Å². The summed E-state index contributed by atoms with van der Waals surface area (Å²) < 4.78 is 0. The maximum Gasteiger partial charge on any atom is 0.205 e. The van der Waals surface area contributed by atoms with Gasteiger partial charge in [-0.1, -0.05) is 17.7 Å². The molecule has 0 aliphatic carbocycles. The molecule has 80 valence electrons. The van der Waals surface area contributed by atoms with Crippen molar-refractivity contribution in [3.05, 3.63) is 47.8 Å². The summed E-state index contributed by atoms with van der Waals surface area (Å²) >= 11 is 0. The van der Waals surface area contributed by atoms with Crippen molar-refractivity contribution in [2.75, 3.05) is 0 Å². The van der Waals surface area contributed by atoms with Gasteiger partial charge in [0.05, 0.1) is 17.2 Å². The van der Waals surface area contributed by atoms with Gasteiger partial charge in [-0.3, -0.25) is 9.78 Å². The zero-order valence-corrected chi connectivity index (χ0v) is 9.27. The number of para-hydroxylation sites is 2. The van der Waals surface area contributed by atoms with Gasteiger partial charge in [0, 0.05) is 0 Å². The fraction of sp³-hybridized carbons (Fsp3) is 0.154. The molecule has 0 unspecified atom stereocenters. The van der Waals surface area contributed by atoms with E-state index in [0.717, 1.165) is 16.6 Å². The molecule has 2 rings (SSSR count). The smallest absolute Gasteiger partial charge is 0.205 e. The van der Waals surface area contributed by atoms with Crippen molar-refractivity contribution >= 4 is 16.8 Å². The van der Waals surface area contributed by atoms with Gasteiger partial charge in [-0.05, 0) is 32.1 Å². The summed E-state index contributed by atoms with van der Waals surface area (Å²) in [6.07, 6.45) is 3.09. The number of ketones is 1. The maximum absolute atomic E-state index is 11.7. The number of carbonyl (C=O) groups excluding carboxylic acids is 1. The Bertz CT molecular complexity index is 569. The molecule has 1 heterocycles. The monoisotopic (exact) mass is 212 g/mol.